The molecule has 5 aliphatic carbocycles. The average molecular weight is 712 g/mol. The Morgan fingerprint density at radius 1 is 0.981 bits per heavy atom. The van der Waals surface area contributed by atoms with Crippen LogP contribution in [0.3, 0.4) is 0 Å². The lowest BCUT2D eigenvalue weighted by molar-refractivity contribution is -0.167. The highest BCUT2D eigenvalue weighted by atomic mass is 16.5. The Balaban J connectivity index is 1.39. The monoisotopic (exact) mass is 711 g/mol. The highest BCUT2D eigenvalue weighted by molar-refractivity contribution is 5.91. The van der Waals surface area contributed by atoms with Gasteiger partial charge in [-0.3, -0.25) is 9.59 Å². The van der Waals surface area contributed by atoms with E-state index >= 15 is 0 Å². The second-order valence-corrected chi connectivity index (χ2v) is 15.7. The van der Waals surface area contributed by atoms with Crippen molar-refractivity contribution in [3.8, 4) is 11.5 Å². The molecular weight excluding hydrogens is 658 g/mol. The SMILES string of the molecule is CCN(CC)CCC(=O)Nc1ccc(C23CC4CC(c5c(OC)cccc5OC)(CC(NC(=O)n5cccn5)(C4)C2C(=O)O)C3)c(C2CCCC2)c1. The molecule has 4 bridgehead atoms. The minimum atomic E-state index is -1.08. The number of nitrogens with one attached hydrogen (secondary N) is 2. The van der Waals surface area contributed by atoms with Crippen molar-refractivity contribution in [2.75, 3.05) is 39.2 Å². The van der Waals surface area contributed by atoms with Crippen LogP contribution in [0.5, 0.6) is 11.5 Å². The maximum absolute atomic E-state index is 14.0. The second kappa shape index (κ2) is 14.2. The Kier molecular flexibility index (Phi) is 9.84. The first-order valence-corrected chi connectivity index (χ1v) is 19.0. The van der Waals surface area contributed by atoms with E-state index in [4.69, 9.17) is 9.47 Å². The Bertz CT molecular complexity index is 1780. The normalized spacial score (nSPS) is 27.9. The summed E-state index contributed by atoms with van der Waals surface area (Å²) in [6.45, 7) is 6.68. The number of methoxy groups -OCH3 is 2. The van der Waals surface area contributed by atoms with Crippen molar-refractivity contribution in [3.63, 3.8) is 0 Å². The number of carbonyl (C=O) groups is 3. The molecule has 2 amide bonds. The van der Waals surface area contributed by atoms with Crippen LogP contribution in [0, 0.1) is 11.8 Å². The van der Waals surface area contributed by atoms with E-state index in [0.29, 0.717) is 50.1 Å². The van der Waals surface area contributed by atoms with Crippen molar-refractivity contribution in [3.05, 3.63) is 71.5 Å². The third kappa shape index (κ3) is 6.14. The summed E-state index contributed by atoms with van der Waals surface area (Å²) >= 11 is 0. The minimum Gasteiger partial charge on any atom is -0.496 e. The minimum absolute atomic E-state index is 0.0299. The van der Waals surface area contributed by atoms with Gasteiger partial charge >= 0.3 is 12.0 Å². The van der Waals surface area contributed by atoms with Crippen LogP contribution in [0.25, 0.3) is 0 Å². The number of aromatic nitrogens is 2. The van der Waals surface area contributed by atoms with Gasteiger partial charge in [0.25, 0.3) is 0 Å². The maximum Gasteiger partial charge on any atom is 0.342 e. The number of aliphatic carboxylic acids is 1. The number of rotatable bonds is 13. The van der Waals surface area contributed by atoms with E-state index in [1.54, 1.807) is 32.7 Å². The lowest BCUT2D eigenvalue weighted by Gasteiger charge is -2.69. The number of benzene rings is 2. The van der Waals surface area contributed by atoms with E-state index in [1.807, 2.05) is 24.3 Å². The number of carboxylic acids is 1. The van der Waals surface area contributed by atoms with Crippen molar-refractivity contribution in [2.45, 2.75) is 100 Å². The van der Waals surface area contributed by atoms with Crippen LogP contribution in [0.1, 0.15) is 101 Å². The number of nitrogens with zero attached hydrogens (tertiary/aromatic N) is 3. The van der Waals surface area contributed by atoms with Crippen molar-refractivity contribution in [1.82, 2.24) is 20.0 Å². The summed E-state index contributed by atoms with van der Waals surface area (Å²) in [6, 6.07) is 13.3. The van der Waals surface area contributed by atoms with Gasteiger partial charge in [0.15, 0.2) is 0 Å². The number of hydrogen-bond donors (Lipinski definition) is 3. The van der Waals surface area contributed by atoms with E-state index in [0.717, 1.165) is 67.6 Å². The molecule has 5 saturated carbocycles. The fraction of sp³-hybridized carbons (Fsp3) is 0.561. The third-order valence-electron chi connectivity index (χ3n) is 12.9. The predicted molar refractivity (Wildman–Crippen MR) is 198 cm³/mol. The quantitative estimate of drug-likeness (QED) is 0.178. The number of hydrogen-bond acceptors (Lipinski definition) is 7. The summed E-state index contributed by atoms with van der Waals surface area (Å²) < 4.78 is 13.3. The standard InChI is InChI=1S/C41H53N5O6/c1-5-45(6-2)20-17-34(47)43-29-15-16-31(30(21-29)28-11-7-8-12-28)40-23-27-22-39(25-40,35-32(51-3)13-9-14-33(35)52-4)26-41(24-27,36(40)37(48)49)44-38(50)46-19-10-18-42-46/h9-10,13-16,18-19,21,27-28,36H,5-8,11-12,17,20,22-26H2,1-4H3,(H,43,47)(H,44,50)(H,48,49). The zero-order valence-electron chi connectivity index (χ0n) is 31.0. The molecule has 3 N–H and O–H groups in total. The van der Waals surface area contributed by atoms with E-state index in [1.165, 1.54) is 4.68 Å². The van der Waals surface area contributed by atoms with Crippen LogP contribution < -0.4 is 20.1 Å². The van der Waals surface area contributed by atoms with Gasteiger partial charge in [-0.25, -0.2) is 4.79 Å². The largest absolute Gasteiger partial charge is 0.496 e. The number of carboxylic acid groups (broad SMARTS) is 1. The molecule has 8 rings (SSSR count). The molecular formula is C41H53N5O6. The Morgan fingerprint density at radius 3 is 2.35 bits per heavy atom. The van der Waals surface area contributed by atoms with Crippen LogP contribution in [-0.2, 0) is 20.4 Å². The van der Waals surface area contributed by atoms with Gasteiger partial charge in [-0.05, 0) is 111 Å². The van der Waals surface area contributed by atoms with Crippen LogP contribution >= 0.6 is 0 Å². The van der Waals surface area contributed by atoms with Gasteiger partial charge in [-0.2, -0.15) is 9.78 Å². The Hall–Kier alpha value is -4.38. The molecule has 2 aromatic carbocycles. The zero-order valence-corrected chi connectivity index (χ0v) is 31.0. The van der Waals surface area contributed by atoms with Gasteiger partial charge in [0.2, 0.25) is 5.91 Å². The molecule has 278 valence electrons. The van der Waals surface area contributed by atoms with E-state index in [-0.39, 0.29) is 17.7 Å². The van der Waals surface area contributed by atoms with E-state index in [9.17, 15) is 19.5 Å². The third-order valence-corrected chi connectivity index (χ3v) is 12.9. The number of carbonyl (C=O) groups excluding carboxylic acids is 2. The molecule has 0 saturated heterocycles. The van der Waals surface area contributed by atoms with Crippen LogP contribution in [0.2, 0.25) is 0 Å². The van der Waals surface area contributed by atoms with Gasteiger partial charge in [0, 0.05) is 47.4 Å². The Labute approximate surface area is 306 Å². The molecule has 5 fully saturated rings. The van der Waals surface area contributed by atoms with E-state index in [2.05, 4.69) is 46.6 Å². The lowest BCUT2D eigenvalue weighted by atomic mass is 9.35. The first-order valence-electron chi connectivity index (χ1n) is 19.0. The molecule has 0 aliphatic heterocycles. The summed E-state index contributed by atoms with van der Waals surface area (Å²) in [5.41, 5.74) is 1.40. The fourth-order valence-corrected chi connectivity index (χ4v) is 11.3. The summed E-state index contributed by atoms with van der Waals surface area (Å²) in [5, 5.41) is 22.1. The van der Waals surface area contributed by atoms with Gasteiger partial charge < -0.3 is 30.1 Å². The van der Waals surface area contributed by atoms with Crippen molar-refractivity contribution >= 4 is 23.6 Å². The van der Waals surface area contributed by atoms with Crippen molar-refractivity contribution < 1.29 is 29.0 Å². The Morgan fingerprint density at radius 2 is 1.71 bits per heavy atom. The number of anilines is 1. The lowest BCUT2D eigenvalue weighted by Crippen LogP contribution is -2.75. The topological polar surface area (TPSA) is 135 Å². The summed E-state index contributed by atoms with van der Waals surface area (Å²) in [4.78, 5) is 43.4. The first-order chi connectivity index (χ1) is 25.1. The number of amides is 2. The van der Waals surface area contributed by atoms with Gasteiger partial charge in [-0.1, -0.05) is 38.8 Å². The molecule has 1 heterocycles. The number of ether oxygens (including phenoxy) is 2. The molecule has 5 atom stereocenters. The highest BCUT2D eigenvalue weighted by Gasteiger charge is 2.72. The smallest absolute Gasteiger partial charge is 0.342 e. The van der Waals surface area contributed by atoms with Crippen molar-refractivity contribution in [2.24, 2.45) is 11.8 Å². The summed E-state index contributed by atoms with van der Waals surface area (Å²) in [6.07, 6.45) is 10.8. The van der Waals surface area contributed by atoms with E-state index < -0.39 is 34.3 Å². The fourth-order valence-electron chi connectivity index (χ4n) is 11.3. The first kappa shape index (κ1) is 36.0. The molecule has 1 aromatic heterocycles. The molecule has 0 spiro atoms. The predicted octanol–water partition coefficient (Wildman–Crippen LogP) is 6.71. The van der Waals surface area contributed by atoms with Gasteiger partial charge in [0.1, 0.15) is 11.5 Å². The molecule has 5 unspecified atom stereocenters. The average Bonchev–Trinajstić information content (AvgIpc) is 3.87. The van der Waals surface area contributed by atoms with Crippen LogP contribution in [-0.4, -0.2) is 77.1 Å². The molecule has 52 heavy (non-hydrogen) atoms. The molecule has 5 aliphatic rings. The molecule has 11 heteroatoms. The van der Waals surface area contributed by atoms with Crippen LogP contribution in [0.4, 0.5) is 10.5 Å². The zero-order chi connectivity index (χ0) is 36.7. The molecule has 0 radical (unpaired) electrons. The summed E-state index contributed by atoms with van der Waals surface area (Å²) in [5.74, 6) is -0.0608. The molecule has 3 aromatic rings. The van der Waals surface area contributed by atoms with Crippen molar-refractivity contribution in [1.29, 1.82) is 0 Å². The highest BCUT2D eigenvalue weighted by Crippen LogP contribution is 2.72. The second-order valence-electron chi connectivity index (χ2n) is 15.7. The molecule has 11 nitrogen and oxygen atoms in total. The maximum atomic E-state index is 14.0. The van der Waals surface area contributed by atoms with Gasteiger partial charge in [0.05, 0.1) is 25.7 Å². The summed E-state index contributed by atoms with van der Waals surface area (Å²) in [7, 11) is 3.33. The van der Waals surface area contributed by atoms with Crippen LogP contribution in [0.15, 0.2) is 54.9 Å². The van der Waals surface area contributed by atoms with Gasteiger partial charge in [-0.15, -0.1) is 0 Å².